The van der Waals surface area contributed by atoms with E-state index in [4.69, 9.17) is 0 Å². The van der Waals surface area contributed by atoms with Crippen LogP contribution in [0.3, 0.4) is 0 Å². The average molecular weight is 188 g/mol. The molecule has 0 N–H and O–H groups in total. The van der Waals surface area contributed by atoms with Gasteiger partial charge in [0.15, 0.2) is 6.29 Å². The van der Waals surface area contributed by atoms with Crippen molar-refractivity contribution < 1.29 is 9.18 Å². The van der Waals surface area contributed by atoms with Gasteiger partial charge in [-0.2, -0.15) is 0 Å². The third-order valence-electron chi connectivity index (χ3n) is 2.36. The number of aryl methyl sites for hydroxylation is 1. The van der Waals surface area contributed by atoms with Crippen molar-refractivity contribution in [3.63, 3.8) is 0 Å². The molecule has 0 aliphatic heterocycles. The summed E-state index contributed by atoms with van der Waals surface area (Å²) in [5.41, 5.74) is 1.44. The van der Waals surface area contributed by atoms with Gasteiger partial charge in [0.1, 0.15) is 5.82 Å². The van der Waals surface area contributed by atoms with E-state index in [1.807, 2.05) is 19.1 Å². The van der Waals surface area contributed by atoms with Crippen LogP contribution in [-0.4, -0.2) is 6.29 Å². The normalized spacial score (nSPS) is 10.4. The first-order valence-corrected chi connectivity index (χ1v) is 4.36. The van der Waals surface area contributed by atoms with Gasteiger partial charge in [0, 0.05) is 5.56 Å². The van der Waals surface area contributed by atoms with Crippen LogP contribution in [-0.2, 0) is 0 Å². The van der Waals surface area contributed by atoms with Gasteiger partial charge in [-0.25, -0.2) is 4.39 Å². The van der Waals surface area contributed by atoms with Gasteiger partial charge in [0.05, 0.1) is 0 Å². The fraction of sp³-hybridized carbons (Fsp3) is 0.0833. The summed E-state index contributed by atoms with van der Waals surface area (Å²) in [6, 6.07) is 8.22. The van der Waals surface area contributed by atoms with E-state index < -0.39 is 0 Å². The van der Waals surface area contributed by atoms with Crippen LogP contribution in [0.25, 0.3) is 10.8 Å². The van der Waals surface area contributed by atoms with Crippen LogP contribution in [0.2, 0.25) is 0 Å². The molecule has 70 valence electrons. The molecule has 0 spiro atoms. The molecule has 2 heteroatoms. The standard InChI is InChI=1S/C12H9FO/c1-8-2-3-9-4-5-10(13)6-11(9)12(8)7-14/h2-7H,1H3. The van der Waals surface area contributed by atoms with Gasteiger partial charge in [0.25, 0.3) is 0 Å². The number of fused-ring (bicyclic) bond motifs is 1. The van der Waals surface area contributed by atoms with Crippen molar-refractivity contribution in [1.29, 1.82) is 0 Å². The Kier molecular flexibility index (Phi) is 2.04. The summed E-state index contributed by atoms with van der Waals surface area (Å²) in [5.74, 6) is -0.314. The minimum Gasteiger partial charge on any atom is -0.298 e. The summed E-state index contributed by atoms with van der Waals surface area (Å²) < 4.78 is 13.0. The van der Waals surface area contributed by atoms with Gasteiger partial charge >= 0.3 is 0 Å². The molecule has 0 aliphatic rings. The quantitative estimate of drug-likeness (QED) is 0.628. The zero-order valence-corrected chi connectivity index (χ0v) is 7.75. The molecule has 0 fully saturated rings. The van der Waals surface area contributed by atoms with Crippen molar-refractivity contribution in [3.05, 3.63) is 47.3 Å². The Hall–Kier alpha value is -1.70. The Morgan fingerprint density at radius 3 is 2.64 bits per heavy atom. The largest absolute Gasteiger partial charge is 0.298 e. The number of hydrogen-bond donors (Lipinski definition) is 0. The lowest BCUT2D eigenvalue weighted by Gasteiger charge is -2.04. The zero-order valence-electron chi connectivity index (χ0n) is 7.75. The van der Waals surface area contributed by atoms with Crippen LogP contribution in [0.4, 0.5) is 4.39 Å². The molecule has 14 heavy (non-hydrogen) atoms. The lowest BCUT2D eigenvalue weighted by molar-refractivity contribution is 0.112. The van der Waals surface area contributed by atoms with E-state index >= 15 is 0 Å². The number of hydrogen-bond acceptors (Lipinski definition) is 1. The van der Waals surface area contributed by atoms with Gasteiger partial charge in [-0.1, -0.05) is 18.2 Å². The highest BCUT2D eigenvalue weighted by Gasteiger charge is 2.04. The summed E-state index contributed by atoms with van der Waals surface area (Å²) in [5, 5.41) is 1.57. The molecule has 0 saturated heterocycles. The minimum atomic E-state index is -0.314. The number of benzene rings is 2. The van der Waals surface area contributed by atoms with Gasteiger partial charge in [-0.3, -0.25) is 4.79 Å². The van der Waals surface area contributed by atoms with Crippen molar-refractivity contribution in [2.75, 3.05) is 0 Å². The monoisotopic (exact) mass is 188 g/mol. The van der Waals surface area contributed by atoms with Gasteiger partial charge < -0.3 is 0 Å². The molecule has 0 heterocycles. The van der Waals surface area contributed by atoms with Crippen LogP contribution >= 0.6 is 0 Å². The molecule has 0 amide bonds. The van der Waals surface area contributed by atoms with E-state index in [1.165, 1.54) is 12.1 Å². The SMILES string of the molecule is Cc1ccc2ccc(F)cc2c1C=O. The molecule has 2 aromatic rings. The van der Waals surface area contributed by atoms with Crippen molar-refractivity contribution in [3.8, 4) is 0 Å². The third-order valence-corrected chi connectivity index (χ3v) is 2.36. The Bertz CT molecular complexity index is 498. The van der Waals surface area contributed by atoms with E-state index in [-0.39, 0.29) is 5.82 Å². The van der Waals surface area contributed by atoms with Crippen LogP contribution in [0.1, 0.15) is 15.9 Å². The molecule has 0 unspecified atom stereocenters. The molecule has 0 aliphatic carbocycles. The molecule has 0 atom stereocenters. The van der Waals surface area contributed by atoms with Gasteiger partial charge in [0.2, 0.25) is 0 Å². The number of carbonyl (C=O) groups is 1. The smallest absolute Gasteiger partial charge is 0.150 e. The van der Waals surface area contributed by atoms with Crippen molar-refractivity contribution in [2.24, 2.45) is 0 Å². The van der Waals surface area contributed by atoms with E-state index in [2.05, 4.69) is 0 Å². The topological polar surface area (TPSA) is 17.1 Å². The molecular weight excluding hydrogens is 179 g/mol. The Morgan fingerprint density at radius 1 is 1.21 bits per heavy atom. The predicted octanol–water partition coefficient (Wildman–Crippen LogP) is 3.10. The van der Waals surface area contributed by atoms with Crippen molar-refractivity contribution in [2.45, 2.75) is 6.92 Å². The molecule has 2 aromatic carbocycles. The maximum absolute atomic E-state index is 13.0. The van der Waals surface area contributed by atoms with Crippen LogP contribution < -0.4 is 0 Å². The molecular formula is C12H9FO. The fourth-order valence-electron chi connectivity index (χ4n) is 1.58. The lowest BCUT2D eigenvalue weighted by Crippen LogP contribution is -1.89. The number of carbonyl (C=O) groups excluding carboxylic acids is 1. The summed E-state index contributed by atoms with van der Waals surface area (Å²) in [6.45, 7) is 1.84. The predicted molar refractivity (Wildman–Crippen MR) is 54.0 cm³/mol. The Morgan fingerprint density at radius 2 is 1.93 bits per heavy atom. The molecule has 1 nitrogen and oxygen atoms in total. The van der Waals surface area contributed by atoms with Gasteiger partial charge in [-0.15, -0.1) is 0 Å². The summed E-state index contributed by atoms with van der Waals surface area (Å²) in [4.78, 5) is 10.8. The van der Waals surface area contributed by atoms with Crippen molar-refractivity contribution >= 4 is 17.1 Å². The highest BCUT2D eigenvalue weighted by molar-refractivity contribution is 5.99. The maximum Gasteiger partial charge on any atom is 0.150 e. The first-order chi connectivity index (χ1) is 6.72. The Labute approximate surface area is 81.2 Å². The van der Waals surface area contributed by atoms with Gasteiger partial charge in [-0.05, 0) is 35.4 Å². The second-order valence-corrected chi connectivity index (χ2v) is 3.28. The lowest BCUT2D eigenvalue weighted by atomic mass is 10.0. The maximum atomic E-state index is 13.0. The molecule has 0 bridgehead atoms. The molecule has 0 saturated carbocycles. The molecule has 2 rings (SSSR count). The minimum absolute atomic E-state index is 0.314. The van der Waals surface area contributed by atoms with E-state index in [9.17, 15) is 9.18 Å². The second-order valence-electron chi connectivity index (χ2n) is 3.28. The summed E-state index contributed by atoms with van der Waals surface area (Å²) >= 11 is 0. The van der Waals surface area contributed by atoms with Crippen LogP contribution in [0, 0.1) is 12.7 Å². The van der Waals surface area contributed by atoms with E-state index in [1.54, 1.807) is 6.07 Å². The number of aldehydes is 1. The van der Waals surface area contributed by atoms with E-state index in [0.717, 1.165) is 17.2 Å². The summed E-state index contributed by atoms with van der Waals surface area (Å²) in [6.07, 6.45) is 0.775. The third kappa shape index (κ3) is 1.29. The average Bonchev–Trinajstić information content (AvgIpc) is 2.17. The first kappa shape index (κ1) is 8.88. The zero-order chi connectivity index (χ0) is 10.1. The summed E-state index contributed by atoms with van der Waals surface area (Å²) in [7, 11) is 0. The highest BCUT2D eigenvalue weighted by Crippen LogP contribution is 2.21. The van der Waals surface area contributed by atoms with Crippen molar-refractivity contribution in [1.82, 2.24) is 0 Å². The first-order valence-electron chi connectivity index (χ1n) is 4.36. The fourth-order valence-corrected chi connectivity index (χ4v) is 1.58. The second kappa shape index (κ2) is 3.22. The molecule has 0 aromatic heterocycles. The molecule has 0 radical (unpaired) electrons. The van der Waals surface area contributed by atoms with Crippen LogP contribution in [0.15, 0.2) is 30.3 Å². The van der Waals surface area contributed by atoms with E-state index in [0.29, 0.717) is 10.9 Å². The Balaban J connectivity index is 2.91. The highest BCUT2D eigenvalue weighted by atomic mass is 19.1. The van der Waals surface area contributed by atoms with Crippen LogP contribution in [0.5, 0.6) is 0 Å². The number of halogens is 1. The number of rotatable bonds is 1.